The third kappa shape index (κ3) is 21.0. The SMILES string of the molecule is CC(C)(C)c1ccc([C@H]2OC(N)=N[C@]2(C)c2ccccc2)cc1.CN1C(=O)C(c2ccncc2)(c2cccc(-c3cccc(Cl)c3)c2)N=C1N.CN1C(=O)[C@@](CCC2CCCCC2)(C[C@H]2CCC[C@@H](N(C)C)C2)N=C1N.Cc1cc(C)c(CN2C(=O)C(c3ccccc3)(c3ccccc3)N=C2N)c(C)c1.NC1=NC(c2ccccc2)(c2ccccc2)C(=O)N1CC1CCN(c2ccccn2)CC1. The molecule has 710 valence electrons. The summed E-state index contributed by atoms with van der Waals surface area (Å²) in [7, 11) is 7.77. The van der Waals surface area contributed by atoms with Crippen LogP contribution < -0.4 is 33.6 Å². The molecule has 24 heteroatoms. The molecule has 8 heterocycles. The average molecular weight is 1860 g/mol. The number of nitrogens with zero attached hydrogens (tertiary/aromatic N) is 13. The first-order valence-electron chi connectivity index (χ1n) is 48.0. The second-order valence-corrected chi connectivity index (χ2v) is 39.5. The number of piperidine rings is 1. The lowest BCUT2D eigenvalue weighted by Gasteiger charge is -2.37. The lowest BCUT2D eigenvalue weighted by atomic mass is 9.74. The zero-order chi connectivity index (χ0) is 97.0. The number of rotatable bonds is 20. The van der Waals surface area contributed by atoms with Gasteiger partial charge in [0.1, 0.15) is 16.9 Å². The van der Waals surface area contributed by atoms with Gasteiger partial charge in [0.15, 0.2) is 46.6 Å². The molecule has 0 spiro atoms. The summed E-state index contributed by atoms with van der Waals surface area (Å²) >= 11 is 6.14. The van der Waals surface area contributed by atoms with E-state index >= 15 is 0 Å². The highest BCUT2D eigenvalue weighted by Gasteiger charge is 2.55. The van der Waals surface area contributed by atoms with Gasteiger partial charge in [0, 0.05) is 63.4 Å². The Morgan fingerprint density at radius 2 is 0.942 bits per heavy atom. The quantitative estimate of drug-likeness (QED) is 0.0474. The molecule has 137 heavy (non-hydrogen) atoms. The van der Waals surface area contributed by atoms with E-state index < -0.39 is 27.7 Å². The normalized spacial score (nSPS) is 21.9. The zero-order valence-electron chi connectivity index (χ0n) is 80.9. The number of carbonyl (C=O) groups excluding carboxylic acids is 4. The monoisotopic (exact) mass is 1860 g/mol. The smallest absolute Gasteiger partial charge is 0.283 e. The lowest BCUT2D eigenvalue weighted by Crippen LogP contribution is -2.47. The van der Waals surface area contributed by atoms with Crippen molar-refractivity contribution in [1.82, 2.24) is 34.5 Å². The number of aryl methyl sites for hydroxylation is 3. The Hall–Kier alpha value is -13.6. The highest BCUT2D eigenvalue weighted by Crippen LogP contribution is 2.49. The van der Waals surface area contributed by atoms with Crippen LogP contribution >= 0.6 is 11.6 Å². The molecule has 3 fully saturated rings. The zero-order valence-corrected chi connectivity index (χ0v) is 81.6. The number of amidine groups is 1. The van der Waals surface area contributed by atoms with Crippen LogP contribution in [0.1, 0.15) is 196 Å². The van der Waals surface area contributed by atoms with Crippen molar-refractivity contribution in [3.63, 3.8) is 0 Å². The molecule has 23 nitrogen and oxygen atoms in total. The van der Waals surface area contributed by atoms with E-state index in [1.807, 2.05) is 212 Å². The van der Waals surface area contributed by atoms with E-state index in [0.717, 1.165) is 129 Å². The Morgan fingerprint density at radius 3 is 1.45 bits per heavy atom. The minimum absolute atomic E-state index is 0.0699. The van der Waals surface area contributed by atoms with Gasteiger partial charge in [-0.05, 0) is 230 Å². The number of guanidine groups is 4. The third-order valence-electron chi connectivity index (χ3n) is 28.7. The summed E-state index contributed by atoms with van der Waals surface area (Å²) in [6, 6.07) is 87.6. The largest absolute Gasteiger partial charge is 0.454 e. The first kappa shape index (κ1) is 97.9. The van der Waals surface area contributed by atoms with Crippen molar-refractivity contribution in [3.8, 4) is 11.1 Å². The number of ether oxygens (including phenoxy) is 1. The number of pyridine rings is 2. The molecule has 6 atom stereocenters. The van der Waals surface area contributed by atoms with Crippen molar-refractivity contribution in [2.45, 2.75) is 190 Å². The summed E-state index contributed by atoms with van der Waals surface area (Å²) in [5.74, 6) is 3.64. The number of nitrogens with two attached hydrogens (primary N) is 5. The Morgan fingerprint density at radius 1 is 0.460 bits per heavy atom. The lowest BCUT2D eigenvalue weighted by molar-refractivity contribution is -0.132. The number of carbonyl (C=O) groups is 4. The van der Waals surface area contributed by atoms with E-state index in [4.69, 9.17) is 60.0 Å². The highest BCUT2D eigenvalue weighted by atomic mass is 35.5. The fourth-order valence-electron chi connectivity index (χ4n) is 21.0. The van der Waals surface area contributed by atoms with Gasteiger partial charge in [0.25, 0.3) is 29.7 Å². The Balaban J connectivity index is 0.000000131. The van der Waals surface area contributed by atoms with Gasteiger partial charge < -0.3 is 43.2 Å². The molecule has 4 amide bonds. The minimum Gasteiger partial charge on any atom is -0.454 e. The molecular formula is C113H131ClN18O5. The molecule has 10 N–H and O–H groups in total. The molecular weight excluding hydrogens is 1720 g/mol. The number of hydrogen-bond donors (Lipinski definition) is 5. The molecule has 1 unspecified atom stereocenters. The van der Waals surface area contributed by atoms with Gasteiger partial charge in [-0.15, -0.1) is 0 Å². The van der Waals surface area contributed by atoms with Crippen molar-refractivity contribution < 1.29 is 23.9 Å². The average Bonchev–Trinajstić information content (AvgIpc) is 1.59. The summed E-state index contributed by atoms with van der Waals surface area (Å²) in [5.41, 5.74) is 41.1. The van der Waals surface area contributed by atoms with Gasteiger partial charge in [-0.3, -0.25) is 43.8 Å². The molecule has 0 radical (unpaired) electrons. The van der Waals surface area contributed by atoms with Gasteiger partial charge >= 0.3 is 0 Å². The van der Waals surface area contributed by atoms with E-state index in [1.165, 1.54) is 73.8 Å². The molecule has 2 saturated carbocycles. The molecule has 2 aromatic heterocycles. The summed E-state index contributed by atoms with van der Waals surface area (Å²) in [6.45, 7) is 17.8. The molecule has 6 aliphatic heterocycles. The van der Waals surface area contributed by atoms with Crippen LogP contribution in [0.3, 0.4) is 0 Å². The van der Waals surface area contributed by atoms with E-state index in [-0.39, 0.29) is 53.1 Å². The Bertz CT molecular complexity index is 6090. The van der Waals surface area contributed by atoms with Crippen LogP contribution in [0.15, 0.2) is 310 Å². The molecule has 19 rings (SSSR count). The maximum atomic E-state index is 13.9. The van der Waals surface area contributed by atoms with Crippen LogP contribution in [0.5, 0.6) is 0 Å². The summed E-state index contributed by atoms with van der Waals surface area (Å²) in [4.78, 5) is 97.1. The van der Waals surface area contributed by atoms with Crippen LogP contribution in [0, 0.1) is 38.5 Å². The number of anilines is 1. The maximum Gasteiger partial charge on any atom is 0.283 e. The van der Waals surface area contributed by atoms with E-state index in [9.17, 15) is 19.2 Å². The first-order valence-corrected chi connectivity index (χ1v) is 48.4. The van der Waals surface area contributed by atoms with E-state index in [2.05, 4.69) is 141 Å². The van der Waals surface area contributed by atoms with Crippen LogP contribution in [-0.2, 0) is 58.0 Å². The van der Waals surface area contributed by atoms with E-state index in [1.54, 1.807) is 53.3 Å². The number of hydrogen-bond acceptors (Lipinski definition) is 19. The van der Waals surface area contributed by atoms with Gasteiger partial charge in [0.2, 0.25) is 0 Å². The summed E-state index contributed by atoms with van der Waals surface area (Å²) in [6.07, 6.45) is 21.4. The van der Waals surface area contributed by atoms with Crippen LogP contribution in [-0.4, -0.2) is 147 Å². The van der Waals surface area contributed by atoms with Crippen LogP contribution in [0.4, 0.5) is 5.82 Å². The van der Waals surface area contributed by atoms with Crippen molar-refractivity contribution in [2.24, 2.45) is 71.4 Å². The number of aliphatic imine (C=N–C) groups is 5. The molecule has 9 aromatic carbocycles. The fraction of sp³-hybridized carbons (Fsp3) is 0.354. The topological polar surface area (TPSA) is 315 Å². The second-order valence-electron chi connectivity index (χ2n) is 39.1. The van der Waals surface area contributed by atoms with Crippen LogP contribution in [0.2, 0.25) is 5.02 Å². The van der Waals surface area contributed by atoms with Gasteiger partial charge in [0.05, 0.1) is 6.54 Å². The summed E-state index contributed by atoms with van der Waals surface area (Å²) < 4.78 is 5.87. The Labute approximate surface area is 812 Å². The van der Waals surface area contributed by atoms with Gasteiger partial charge in [-0.1, -0.05) is 307 Å². The molecule has 8 aliphatic rings. The number of halogens is 1. The summed E-state index contributed by atoms with van der Waals surface area (Å²) in [5, 5.41) is 0.653. The van der Waals surface area contributed by atoms with Crippen molar-refractivity contribution in [2.75, 3.05) is 52.7 Å². The number of amides is 4. The molecule has 1 saturated heterocycles. The van der Waals surface area contributed by atoms with E-state index in [0.29, 0.717) is 47.9 Å². The van der Waals surface area contributed by atoms with Crippen molar-refractivity contribution in [1.29, 1.82) is 0 Å². The molecule has 0 bridgehead atoms. The standard InChI is InChI=1S/C26H27N5O.C25H25N3O.C21H17ClN4O.C21H38N4O.C20H24N2O/c27-25-29-26(21-9-3-1-4-10-21,22-11-5-2-6-12-22)24(32)31(25)19-20-14-17-30(18-15-20)23-13-7-8-16-28-23;1-17-14-18(2)22(19(3)15-17)16-28-23(29)25(27-24(28)26,20-10-6-4-7-11-20)21-12-8-5-9-13-21;1-26-19(27)21(25-20(26)23,16-8-10-24-11-9-16)17-6-2-4-14(12-17)15-5-3-7-18(22)13-15;1-24(2)18-11-7-10-17(14-18)15-21(19(26)25(3)20(22)23-21)13-12-16-8-5-4-6-9-16;1-19(2,3)15-12-10-14(11-13-15)17-20(4,22-18(21)23-17)16-8-6-5-7-9-16/h1-13,16,20H,14-15,17-19H2,(H2,27,29);4-15H,16H2,1-3H3,(H2,26,27);2-13H,1H3,(H2,23,25);16-18H,4-15H2,1-3H3,(H2,22,23);5-13,17H,1-4H3,(H2,21,22)/t;;;17-,18+,21+;17-,20-/m...01/s1. The number of likely N-dealkylation sites (N-methyl/N-ethyl adjacent to an activating group) is 2. The van der Waals surface area contributed by atoms with Gasteiger partial charge in [-0.25, -0.2) is 29.9 Å². The molecule has 11 aromatic rings. The van der Waals surface area contributed by atoms with Crippen molar-refractivity contribution in [3.05, 3.63) is 363 Å². The number of aromatic nitrogens is 2. The van der Waals surface area contributed by atoms with Crippen LogP contribution in [0.25, 0.3) is 11.1 Å². The minimum atomic E-state index is -1.23. The third-order valence-corrected chi connectivity index (χ3v) is 28.9. The first-order chi connectivity index (χ1) is 65.8. The maximum absolute atomic E-state index is 13.9. The van der Waals surface area contributed by atoms with Gasteiger partial charge in [-0.2, -0.15) is 0 Å². The number of benzene rings is 9. The Kier molecular flexibility index (Phi) is 30.2. The predicted octanol–water partition coefficient (Wildman–Crippen LogP) is 18.7. The second kappa shape index (κ2) is 42.3. The van der Waals surface area contributed by atoms with Crippen molar-refractivity contribution >= 4 is 70.9 Å². The highest BCUT2D eigenvalue weighted by molar-refractivity contribution is 6.30. The molecule has 2 aliphatic carbocycles. The fourth-order valence-corrected chi connectivity index (χ4v) is 21.2. The predicted molar refractivity (Wildman–Crippen MR) is 550 cm³/mol.